The molecule has 3 aliphatic heterocycles. The van der Waals surface area contributed by atoms with Crippen LogP contribution in [0.2, 0.25) is 0 Å². The van der Waals surface area contributed by atoms with Gasteiger partial charge in [-0.15, -0.1) is 22.7 Å². The second-order valence-corrected chi connectivity index (χ2v) is 11.9. The van der Waals surface area contributed by atoms with Crippen molar-refractivity contribution >= 4 is 28.6 Å². The van der Waals surface area contributed by atoms with Crippen LogP contribution >= 0.6 is 22.7 Å². The van der Waals surface area contributed by atoms with Gasteiger partial charge in [0.15, 0.2) is 6.10 Å². The van der Waals surface area contributed by atoms with Crippen LogP contribution in [0.4, 0.5) is 0 Å². The molecule has 178 valence electrons. The quantitative estimate of drug-likeness (QED) is 0.273. The van der Waals surface area contributed by atoms with Crippen LogP contribution in [-0.2, 0) is 15.1 Å². The predicted molar refractivity (Wildman–Crippen MR) is 136 cm³/mol. The van der Waals surface area contributed by atoms with Gasteiger partial charge < -0.3 is 14.3 Å². The molecule has 2 aromatic rings. The molecule has 0 aliphatic carbocycles. The lowest BCUT2D eigenvalue weighted by Gasteiger charge is -2.52. The lowest BCUT2D eigenvalue weighted by Crippen LogP contribution is -2.64. The molecule has 6 heteroatoms. The molecule has 3 saturated heterocycles. The minimum Gasteiger partial charge on any atom is -0.453 e. The van der Waals surface area contributed by atoms with Crippen molar-refractivity contribution in [1.82, 2.24) is 0 Å². The molecule has 2 aromatic heterocycles. The first-order chi connectivity index (χ1) is 15.8. The molecule has 1 atom stereocenters. The van der Waals surface area contributed by atoms with Crippen LogP contribution < -0.4 is 0 Å². The summed E-state index contributed by atoms with van der Waals surface area (Å²) < 4.78 is 7.13. The molecule has 3 aliphatic rings. The predicted octanol–water partition coefficient (Wildman–Crippen LogP) is 5.89. The van der Waals surface area contributed by atoms with Crippen molar-refractivity contribution in [3.63, 3.8) is 0 Å². The number of esters is 1. The highest BCUT2D eigenvalue weighted by Crippen LogP contribution is 2.40. The number of hydrogen-bond donors (Lipinski definition) is 1. The van der Waals surface area contributed by atoms with Crippen molar-refractivity contribution in [3.05, 3.63) is 68.1 Å². The van der Waals surface area contributed by atoms with Crippen molar-refractivity contribution in [2.45, 2.75) is 58.2 Å². The Morgan fingerprint density at radius 3 is 2.30 bits per heavy atom. The van der Waals surface area contributed by atoms with Crippen LogP contribution in [0.3, 0.4) is 0 Å². The zero-order valence-electron chi connectivity index (χ0n) is 20.0. The summed E-state index contributed by atoms with van der Waals surface area (Å²) in [5.41, 5.74) is 1.09. The third-order valence-electron chi connectivity index (χ3n) is 7.27. The molecule has 0 aromatic carbocycles. The monoisotopic (exact) mass is 486 g/mol. The Balaban J connectivity index is 1.45. The summed E-state index contributed by atoms with van der Waals surface area (Å²) in [5.74, 6) is -0.134. The van der Waals surface area contributed by atoms with E-state index in [1.54, 1.807) is 0 Å². The fourth-order valence-corrected chi connectivity index (χ4v) is 6.88. The second kappa shape index (κ2) is 10.3. The number of thiophene rings is 2. The van der Waals surface area contributed by atoms with E-state index in [1.165, 1.54) is 33.8 Å². The lowest BCUT2D eigenvalue weighted by molar-refractivity contribution is -0.941. The summed E-state index contributed by atoms with van der Waals surface area (Å²) in [6, 6.07) is 7.37. The van der Waals surface area contributed by atoms with E-state index in [2.05, 4.69) is 32.9 Å². The van der Waals surface area contributed by atoms with Gasteiger partial charge in [0.25, 0.3) is 0 Å². The fourth-order valence-electron chi connectivity index (χ4n) is 5.17. The third-order valence-corrected chi connectivity index (χ3v) is 9.23. The van der Waals surface area contributed by atoms with Crippen LogP contribution in [0.1, 0.15) is 56.2 Å². The van der Waals surface area contributed by atoms with Crippen molar-refractivity contribution in [1.29, 1.82) is 0 Å². The maximum Gasteiger partial charge on any atom is 0.349 e. The largest absolute Gasteiger partial charge is 0.453 e. The second-order valence-electron chi connectivity index (χ2n) is 9.97. The number of piperidine rings is 3. The molecular weight excluding hydrogens is 450 g/mol. The minimum absolute atomic E-state index is 0.133. The summed E-state index contributed by atoms with van der Waals surface area (Å²) >= 11 is 2.79. The summed E-state index contributed by atoms with van der Waals surface area (Å²) in [7, 11) is 0. The first-order valence-electron chi connectivity index (χ1n) is 12.0. The molecular formula is C27H36NO3S2+. The van der Waals surface area contributed by atoms with Crippen LogP contribution in [0.15, 0.2) is 58.3 Å². The number of fused-ring (bicyclic) bond motifs is 3. The van der Waals surface area contributed by atoms with E-state index in [9.17, 15) is 9.90 Å². The fraction of sp³-hybridized carbons (Fsp3) is 0.519. The maximum atomic E-state index is 13.5. The highest BCUT2D eigenvalue weighted by atomic mass is 32.1. The van der Waals surface area contributed by atoms with Crippen LogP contribution in [-0.4, -0.2) is 47.8 Å². The molecule has 2 bridgehead atoms. The van der Waals surface area contributed by atoms with Crippen molar-refractivity contribution in [3.8, 4) is 0 Å². The minimum atomic E-state index is -1.72. The van der Waals surface area contributed by atoms with Gasteiger partial charge in [0, 0.05) is 18.8 Å². The maximum absolute atomic E-state index is 13.5. The molecule has 0 unspecified atom stereocenters. The average Bonchev–Trinajstić information content (AvgIpc) is 3.53. The van der Waals surface area contributed by atoms with E-state index in [0.29, 0.717) is 15.7 Å². The van der Waals surface area contributed by atoms with Gasteiger partial charge >= 0.3 is 5.97 Å². The summed E-state index contributed by atoms with van der Waals surface area (Å²) in [6.07, 6.45) is 8.92. The van der Waals surface area contributed by atoms with Gasteiger partial charge in [-0.1, -0.05) is 29.4 Å². The third kappa shape index (κ3) is 5.35. The Morgan fingerprint density at radius 1 is 1.12 bits per heavy atom. The molecule has 5 heterocycles. The molecule has 33 heavy (non-hydrogen) atoms. The van der Waals surface area contributed by atoms with E-state index in [1.807, 2.05) is 35.0 Å². The van der Waals surface area contributed by atoms with Gasteiger partial charge in [-0.25, -0.2) is 4.79 Å². The number of hydrogen-bond acceptors (Lipinski definition) is 5. The smallest absolute Gasteiger partial charge is 0.349 e. The Kier molecular flexibility index (Phi) is 7.59. The van der Waals surface area contributed by atoms with E-state index >= 15 is 0 Å². The highest BCUT2D eigenvalue weighted by Gasteiger charge is 2.50. The number of carbonyl (C=O) groups is 1. The van der Waals surface area contributed by atoms with Gasteiger partial charge in [0.05, 0.1) is 29.4 Å². The molecule has 0 saturated carbocycles. The van der Waals surface area contributed by atoms with E-state index in [4.69, 9.17) is 4.74 Å². The zero-order valence-corrected chi connectivity index (χ0v) is 21.6. The number of quaternary nitrogens is 1. The Hall–Kier alpha value is -1.73. The Morgan fingerprint density at radius 2 is 1.76 bits per heavy atom. The van der Waals surface area contributed by atoms with Gasteiger partial charge in [-0.05, 0) is 62.6 Å². The van der Waals surface area contributed by atoms with E-state index in [-0.39, 0.29) is 6.10 Å². The number of aliphatic hydroxyl groups is 1. The number of rotatable bonds is 9. The van der Waals surface area contributed by atoms with Crippen LogP contribution in [0.5, 0.6) is 0 Å². The molecule has 0 spiro atoms. The van der Waals surface area contributed by atoms with Crippen LogP contribution in [0, 0.1) is 5.92 Å². The normalized spacial score (nSPS) is 25.2. The van der Waals surface area contributed by atoms with Crippen molar-refractivity contribution in [2.24, 2.45) is 5.92 Å². The molecule has 1 N–H and O–H groups in total. The summed E-state index contributed by atoms with van der Waals surface area (Å²) in [5, 5.41) is 15.4. The van der Waals surface area contributed by atoms with E-state index in [0.717, 1.165) is 56.3 Å². The lowest BCUT2D eigenvalue weighted by atomic mass is 9.83. The summed E-state index contributed by atoms with van der Waals surface area (Å²) in [4.78, 5) is 14.7. The first kappa shape index (κ1) is 24.4. The molecule has 5 rings (SSSR count). The standard InChI is InChI=1S/C27H36NO3S2/c1-20(2)7-4-8-21(3)11-14-28-15-12-22(13-16-28)23(19-28)31-26(29)27(30,24-9-5-17-32-24)25-10-6-18-33-25/h5-7,9-11,17-18,22-23,30H,4,8,12-16,19H2,1-3H3/q+1/b21-11+/t22?,23-,28?/m0/s1. The SMILES string of the molecule is CC(C)=CCC/C(C)=C/C[N+]12CCC(CC1)[C@@H](OC(=O)C(O)(c1cccs1)c1cccs1)C2. The van der Waals surface area contributed by atoms with Gasteiger partial charge in [0.2, 0.25) is 5.60 Å². The molecule has 4 nitrogen and oxygen atoms in total. The number of nitrogens with zero attached hydrogens (tertiary/aromatic N) is 1. The summed E-state index contributed by atoms with van der Waals surface area (Å²) in [6.45, 7) is 10.7. The first-order valence-corrected chi connectivity index (χ1v) is 13.7. The van der Waals surface area contributed by atoms with Crippen LogP contribution in [0.25, 0.3) is 0 Å². The number of allylic oxidation sites excluding steroid dienone is 3. The molecule has 3 fully saturated rings. The van der Waals surface area contributed by atoms with Gasteiger partial charge in [-0.2, -0.15) is 0 Å². The highest BCUT2D eigenvalue weighted by molar-refractivity contribution is 7.12. The zero-order chi connectivity index (χ0) is 23.5. The molecule has 0 radical (unpaired) electrons. The Labute approximate surface area is 205 Å². The van der Waals surface area contributed by atoms with Crippen molar-refractivity contribution < 1.29 is 19.1 Å². The van der Waals surface area contributed by atoms with Crippen molar-refractivity contribution in [2.75, 3.05) is 26.2 Å². The topological polar surface area (TPSA) is 46.5 Å². The molecule has 0 amide bonds. The number of carbonyl (C=O) groups excluding carboxylic acids is 1. The average molecular weight is 487 g/mol. The number of ether oxygens (including phenoxy) is 1. The Bertz CT molecular complexity index is 944. The van der Waals surface area contributed by atoms with E-state index < -0.39 is 11.6 Å². The van der Waals surface area contributed by atoms with Gasteiger partial charge in [0.1, 0.15) is 6.54 Å². The van der Waals surface area contributed by atoms with Gasteiger partial charge in [-0.3, -0.25) is 0 Å².